The number of hydrogen-bond acceptors (Lipinski definition) is 3. The Kier molecular flexibility index (Phi) is 5.88. The minimum Gasteiger partial charge on any atom is -0.394 e. The summed E-state index contributed by atoms with van der Waals surface area (Å²) in [6.45, 7) is 6.43. The highest BCUT2D eigenvalue weighted by Crippen LogP contribution is 2.25. The van der Waals surface area contributed by atoms with E-state index >= 15 is 0 Å². The molecule has 3 heteroatoms. The van der Waals surface area contributed by atoms with E-state index in [0.717, 1.165) is 6.54 Å². The first-order valence-electron chi connectivity index (χ1n) is 5.98. The van der Waals surface area contributed by atoms with Crippen LogP contribution in [0.1, 0.15) is 33.1 Å². The summed E-state index contributed by atoms with van der Waals surface area (Å²) in [5.74, 6) is 1.29. The zero-order chi connectivity index (χ0) is 11.1. The van der Waals surface area contributed by atoms with Gasteiger partial charge in [-0.1, -0.05) is 20.3 Å². The molecule has 0 amide bonds. The van der Waals surface area contributed by atoms with Crippen LogP contribution in [-0.4, -0.2) is 37.2 Å². The van der Waals surface area contributed by atoms with Crippen molar-refractivity contribution in [2.45, 2.75) is 33.1 Å². The van der Waals surface area contributed by atoms with Crippen LogP contribution in [0.15, 0.2) is 4.99 Å². The van der Waals surface area contributed by atoms with E-state index in [1.54, 1.807) is 0 Å². The molecule has 2 atom stereocenters. The molecule has 1 aliphatic carbocycles. The maximum atomic E-state index is 8.54. The lowest BCUT2D eigenvalue weighted by molar-refractivity contribution is 0.0977. The monoisotopic (exact) mass is 213 g/mol. The first kappa shape index (κ1) is 12.7. The Balaban J connectivity index is 2.29. The summed E-state index contributed by atoms with van der Waals surface area (Å²) in [7, 11) is 0. The van der Waals surface area contributed by atoms with Gasteiger partial charge in [0.25, 0.3) is 0 Å². The van der Waals surface area contributed by atoms with Gasteiger partial charge in [0.2, 0.25) is 0 Å². The molecule has 1 rings (SSSR count). The van der Waals surface area contributed by atoms with Crippen molar-refractivity contribution >= 4 is 5.71 Å². The van der Waals surface area contributed by atoms with E-state index in [9.17, 15) is 0 Å². The zero-order valence-corrected chi connectivity index (χ0v) is 9.91. The Morgan fingerprint density at radius 3 is 2.53 bits per heavy atom. The number of nitrogens with zero attached hydrogens (tertiary/aromatic N) is 1. The van der Waals surface area contributed by atoms with Crippen LogP contribution in [0.25, 0.3) is 0 Å². The molecule has 0 saturated heterocycles. The second-order valence-electron chi connectivity index (χ2n) is 4.38. The van der Waals surface area contributed by atoms with Crippen LogP contribution in [0.3, 0.4) is 0 Å². The van der Waals surface area contributed by atoms with Crippen LogP contribution < -0.4 is 0 Å². The lowest BCUT2D eigenvalue weighted by Crippen LogP contribution is -2.25. The van der Waals surface area contributed by atoms with Crippen molar-refractivity contribution < 1.29 is 9.84 Å². The molecular weight excluding hydrogens is 190 g/mol. The van der Waals surface area contributed by atoms with Crippen LogP contribution in [0.4, 0.5) is 0 Å². The molecule has 0 aromatic rings. The van der Waals surface area contributed by atoms with Crippen LogP contribution in [0, 0.1) is 11.8 Å². The van der Waals surface area contributed by atoms with Crippen LogP contribution in [0.5, 0.6) is 0 Å². The summed E-state index contributed by atoms with van der Waals surface area (Å²) >= 11 is 0. The van der Waals surface area contributed by atoms with Gasteiger partial charge in [-0.05, 0) is 24.7 Å². The molecule has 2 unspecified atom stereocenters. The molecule has 1 fully saturated rings. The first-order chi connectivity index (χ1) is 7.25. The molecule has 3 nitrogen and oxygen atoms in total. The molecule has 88 valence electrons. The quantitative estimate of drug-likeness (QED) is 0.709. The fraction of sp³-hybridized carbons (Fsp3) is 0.917. The molecule has 1 N–H and O–H groups in total. The van der Waals surface area contributed by atoms with Gasteiger partial charge in [0.1, 0.15) is 0 Å². The Labute approximate surface area is 92.6 Å². The number of aliphatic hydroxyl groups excluding tert-OH is 1. The minimum absolute atomic E-state index is 0.101. The van der Waals surface area contributed by atoms with E-state index in [4.69, 9.17) is 9.84 Å². The van der Waals surface area contributed by atoms with E-state index in [2.05, 4.69) is 18.8 Å². The topological polar surface area (TPSA) is 41.8 Å². The van der Waals surface area contributed by atoms with Crippen molar-refractivity contribution in [1.29, 1.82) is 0 Å². The Morgan fingerprint density at radius 2 is 1.93 bits per heavy atom. The molecule has 15 heavy (non-hydrogen) atoms. The van der Waals surface area contributed by atoms with Gasteiger partial charge in [-0.2, -0.15) is 0 Å². The summed E-state index contributed by atoms with van der Waals surface area (Å²) in [6.07, 6.45) is 3.89. The molecule has 0 aromatic heterocycles. The zero-order valence-electron chi connectivity index (χ0n) is 9.91. The van der Waals surface area contributed by atoms with Crippen LogP contribution >= 0.6 is 0 Å². The third-order valence-electron chi connectivity index (χ3n) is 3.05. The van der Waals surface area contributed by atoms with Gasteiger partial charge >= 0.3 is 0 Å². The van der Waals surface area contributed by atoms with Crippen molar-refractivity contribution in [2.75, 3.05) is 26.4 Å². The molecule has 1 saturated carbocycles. The van der Waals surface area contributed by atoms with E-state index in [1.807, 2.05) is 0 Å². The molecule has 0 spiro atoms. The molecule has 0 aliphatic heterocycles. The molecule has 1 aliphatic rings. The van der Waals surface area contributed by atoms with Gasteiger partial charge in [0.15, 0.2) is 0 Å². The largest absolute Gasteiger partial charge is 0.394 e. The lowest BCUT2D eigenvalue weighted by Gasteiger charge is -2.26. The summed E-state index contributed by atoms with van der Waals surface area (Å²) < 4.78 is 5.19. The average molecular weight is 213 g/mol. The molecule has 0 aromatic carbocycles. The van der Waals surface area contributed by atoms with Crippen molar-refractivity contribution in [2.24, 2.45) is 16.8 Å². The van der Waals surface area contributed by atoms with Crippen LogP contribution in [0.2, 0.25) is 0 Å². The number of hydrogen-bond donors (Lipinski definition) is 1. The van der Waals surface area contributed by atoms with Gasteiger partial charge < -0.3 is 9.84 Å². The summed E-state index contributed by atoms with van der Waals surface area (Å²) in [6, 6.07) is 0. The third kappa shape index (κ3) is 4.31. The van der Waals surface area contributed by atoms with Crippen molar-refractivity contribution in [3.05, 3.63) is 0 Å². The molecule has 0 radical (unpaired) electrons. The standard InChI is InChI=1S/C12H23NO2/c1-10-4-3-5-11(2)12(10)13-6-8-15-9-7-14/h10-11,14H,3-9H2,1-2H3. The van der Waals surface area contributed by atoms with Gasteiger partial charge in [0.05, 0.1) is 26.4 Å². The maximum absolute atomic E-state index is 8.54. The third-order valence-corrected chi connectivity index (χ3v) is 3.05. The maximum Gasteiger partial charge on any atom is 0.0698 e. The molecule has 0 heterocycles. The van der Waals surface area contributed by atoms with Crippen molar-refractivity contribution in [1.82, 2.24) is 0 Å². The number of ether oxygens (including phenoxy) is 1. The molecule has 0 bridgehead atoms. The normalized spacial score (nSPS) is 26.7. The number of rotatable bonds is 5. The summed E-state index contributed by atoms with van der Waals surface area (Å²) in [5.41, 5.74) is 1.37. The van der Waals surface area contributed by atoms with Crippen molar-refractivity contribution in [3.63, 3.8) is 0 Å². The van der Waals surface area contributed by atoms with Gasteiger partial charge in [-0.3, -0.25) is 4.99 Å². The first-order valence-corrected chi connectivity index (χ1v) is 5.98. The van der Waals surface area contributed by atoms with E-state index < -0.39 is 0 Å². The van der Waals surface area contributed by atoms with Gasteiger partial charge in [-0.15, -0.1) is 0 Å². The van der Waals surface area contributed by atoms with E-state index in [1.165, 1.54) is 25.0 Å². The Bertz CT molecular complexity index is 192. The smallest absolute Gasteiger partial charge is 0.0698 e. The predicted molar refractivity (Wildman–Crippen MR) is 62.4 cm³/mol. The second-order valence-corrected chi connectivity index (χ2v) is 4.38. The highest BCUT2D eigenvalue weighted by atomic mass is 16.5. The Morgan fingerprint density at radius 1 is 1.27 bits per heavy atom. The minimum atomic E-state index is 0.101. The molecular formula is C12H23NO2. The second kappa shape index (κ2) is 6.96. The number of aliphatic hydroxyl groups is 1. The average Bonchev–Trinajstić information content (AvgIpc) is 2.21. The SMILES string of the molecule is CC1CCCC(C)C1=NCCOCCO. The predicted octanol–water partition coefficient (Wildman–Crippen LogP) is 1.89. The van der Waals surface area contributed by atoms with Crippen molar-refractivity contribution in [3.8, 4) is 0 Å². The van der Waals surface area contributed by atoms with E-state index in [0.29, 0.717) is 25.0 Å². The number of aliphatic imine (C=N–C) groups is 1. The van der Waals surface area contributed by atoms with Gasteiger partial charge in [-0.25, -0.2) is 0 Å². The summed E-state index contributed by atoms with van der Waals surface area (Å²) in [5, 5.41) is 8.54. The van der Waals surface area contributed by atoms with Gasteiger partial charge in [0, 0.05) is 5.71 Å². The Hall–Kier alpha value is -0.410. The lowest BCUT2D eigenvalue weighted by atomic mass is 9.81. The van der Waals surface area contributed by atoms with E-state index in [-0.39, 0.29) is 6.61 Å². The fourth-order valence-electron chi connectivity index (χ4n) is 2.23. The summed E-state index contributed by atoms with van der Waals surface area (Å²) in [4.78, 5) is 4.63. The fourth-order valence-corrected chi connectivity index (χ4v) is 2.23. The highest BCUT2D eigenvalue weighted by Gasteiger charge is 2.21. The highest BCUT2D eigenvalue weighted by molar-refractivity contribution is 5.89. The van der Waals surface area contributed by atoms with Crippen LogP contribution in [-0.2, 0) is 4.74 Å².